The highest BCUT2D eigenvalue weighted by Gasteiger charge is 2.23. The first kappa shape index (κ1) is 20.1. The molecule has 0 aliphatic carbocycles. The van der Waals surface area contributed by atoms with Crippen LogP contribution in [0.25, 0.3) is 0 Å². The number of rotatable bonds is 8. The maximum absolute atomic E-state index is 12.9. The van der Waals surface area contributed by atoms with Crippen molar-refractivity contribution in [2.24, 2.45) is 0 Å². The molecule has 2 rings (SSSR count). The Kier molecular flexibility index (Phi) is 7.36. The fourth-order valence-corrected chi connectivity index (χ4v) is 3.09. The van der Waals surface area contributed by atoms with Crippen LogP contribution in [0.5, 0.6) is 6.01 Å². The summed E-state index contributed by atoms with van der Waals surface area (Å²) < 4.78 is 18.5. The van der Waals surface area contributed by atoms with E-state index in [2.05, 4.69) is 28.4 Å². The first-order valence-electron chi connectivity index (χ1n) is 9.26. The maximum Gasteiger partial charge on any atom is 0.318 e. The Hall–Kier alpha value is -2.18. The van der Waals surface area contributed by atoms with E-state index in [0.717, 1.165) is 23.5 Å². The molecule has 1 aromatic rings. The van der Waals surface area contributed by atoms with Crippen molar-refractivity contribution in [3.05, 3.63) is 23.9 Å². The lowest BCUT2D eigenvalue weighted by atomic mass is 10.1. The number of halogens is 1. The second-order valence-corrected chi connectivity index (χ2v) is 6.54. The van der Waals surface area contributed by atoms with Crippen LogP contribution in [-0.4, -0.2) is 59.7 Å². The molecule has 1 fully saturated rings. The fraction of sp³-hybridized carbons (Fsp3) is 0.632. The van der Waals surface area contributed by atoms with E-state index in [-0.39, 0.29) is 5.91 Å². The number of hydrogen-bond acceptors (Lipinski definition) is 5. The molecule has 144 valence electrons. The number of ether oxygens (including phenoxy) is 1. The predicted molar refractivity (Wildman–Crippen MR) is 100 cm³/mol. The number of anilines is 1. The average Bonchev–Trinajstić information content (AvgIpc) is 2.64. The van der Waals surface area contributed by atoms with Gasteiger partial charge in [-0.05, 0) is 39.2 Å². The van der Waals surface area contributed by atoms with E-state index in [1.807, 2.05) is 6.92 Å². The highest BCUT2D eigenvalue weighted by molar-refractivity contribution is 5.87. The Morgan fingerprint density at radius 3 is 2.62 bits per heavy atom. The summed E-state index contributed by atoms with van der Waals surface area (Å²) in [6, 6.07) is 0.339. The fourth-order valence-electron chi connectivity index (χ4n) is 3.09. The lowest BCUT2D eigenvalue weighted by Crippen LogP contribution is -2.48. The molecule has 1 aliphatic rings. The second-order valence-electron chi connectivity index (χ2n) is 6.54. The smallest absolute Gasteiger partial charge is 0.318 e. The van der Waals surface area contributed by atoms with Crippen LogP contribution in [0.3, 0.4) is 0 Å². The van der Waals surface area contributed by atoms with E-state index in [1.165, 1.54) is 6.08 Å². The number of carbonyl (C=O) groups excluding carboxylic acids is 1. The van der Waals surface area contributed by atoms with E-state index in [0.29, 0.717) is 51.6 Å². The zero-order chi connectivity index (χ0) is 19.1. The number of hydrogen-bond donors (Lipinski definition) is 0. The zero-order valence-electron chi connectivity index (χ0n) is 16.0. The van der Waals surface area contributed by atoms with Gasteiger partial charge in [0.05, 0.1) is 12.8 Å². The van der Waals surface area contributed by atoms with Crippen LogP contribution in [-0.2, 0) is 11.2 Å². The molecular formula is C19H29FN4O2. The molecule has 0 N–H and O–H groups in total. The van der Waals surface area contributed by atoms with E-state index >= 15 is 0 Å². The van der Waals surface area contributed by atoms with Crippen LogP contribution in [0.2, 0.25) is 0 Å². The summed E-state index contributed by atoms with van der Waals surface area (Å²) in [5.41, 5.74) is 1.99. The summed E-state index contributed by atoms with van der Waals surface area (Å²) in [5, 5.41) is 0. The number of nitrogens with zero attached hydrogens (tertiary/aromatic N) is 4. The van der Waals surface area contributed by atoms with Gasteiger partial charge in [-0.15, -0.1) is 0 Å². The van der Waals surface area contributed by atoms with Crippen molar-refractivity contribution in [1.29, 1.82) is 0 Å². The van der Waals surface area contributed by atoms with Gasteiger partial charge in [0, 0.05) is 37.4 Å². The molecule has 7 heteroatoms. The van der Waals surface area contributed by atoms with Gasteiger partial charge in [0.2, 0.25) is 5.91 Å². The van der Waals surface area contributed by atoms with Crippen LogP contribution < -0.4 is 9.64 Å². The number of aryl methyl sites for hydroxylation is 1. The van der Waals surface area contributed by atoms with Crippen molar-refractivity contribution in [2.45, 2.75) is 46.2 Å². The van der Waals surface area contributed by atoms with Crippen molar-refractivity contribution in [1.82, 2.24) is 14.9 Å². The third kappa shape index (κ3) is 5.16. The molecule has 0 bridgehead atoms. The standard InChI is InChI=1S/C19H29FN4O2/c1-5-16-15(4)21-19(26-13-7-8-14(3)20)22-18(16)24-11-9-23(10-12-24)17(25)6-2/h6,14H,2,5,7-13H2,1,3-4H3/t14-/m0/s1. The third-order valence-electron chi connectivity index (χ3n) is 4.57. The highest BCUT2D eigenvalue weighted by atomic mass is 19.1. The Balaban J connectivity index is 2.08. The number of carbonyl (C=O) groups is 1. The van der Waals surface area contributed by atoms with Gasteiger partial charge in [0.25, 0.3) is 0 Å². The molecule has 1 saturated heterocycles. The Labute approximate surface area is 155 Å². The highest BCUT2D eigenvalue weighted by Crippen LogP contribution is 2.25. The van der Waals surface area contributed by atoms with Crippen LogP contribution in [0.4, 0.5) is 10.2 Å². The van der Waals surface area contributed by atoms with E-state index in [9.17, 15) is 9.18 Å². The molecule has 6 nitrogen and oxygen atoms in total. The van der Waals surface area contributed by atoms with Gasteiger partial charge < -0.3 is 14.5 Å². The molecule has 1 aliphatic heterocycles. The first-order chi connectivity index (χ1) is 12.5. The van der Waals surface area contributed by atoms with Gasteiger partial charge >= 0.3 is 6.01 Å². The molecule has 0 radical (unpaired) electrons. The van der Waals surface area contributed by atoms with Crippen molar-refractivity contribution >= 4 is 11.7 Å². The predicted octanol–water partition coefficient (Wildman–Crippen LogP) is 2.70. The van der Waals surface area contributed by atoms with Crippen LogP contribution in [0.15, 0.2) is 12.7 Å². The minimum Gasteiger partial charge on any atom is -0.463 e. The van der Waals surface area contributed by atoms with Gasteiger partial charge in [-0.2, -0.15) is 4.98 Å². The lowest BCUT2D eigenvalue weighted by Gasteiger charge is -2.36. The van der Waals surface area contributed by atoms with E-state index < -0.39 is 6.17 Å². The number of aromatic nitrogens is 2. The van der Waals surface area contributed by atoms with Gasteiger partial charge in [-0.25, -0.2) is 9.37 Å². The van der Waals surface area contributed by atoms with E-state index in [1.54, 1.807) is 11.8 Å². The summed E-state index contributed by atoms with van der Waals surface area (Å²) in [6.45, 7) is 12.2. The minimum absolute atomic E-state index is 0.0367. The molecule has 0 unspecified atom stereocenters. The second kappa shape index (κ2) is 9.50. The van der Waals surface area contributed by atoms with Crippen LogP contribution in [0.1, 0.15) is 37.9 Å². The largest absolute Gasteiger partial charge is 0.463 e. The summed E-state index contributed by atoms with van der Waals surface area (Å²) in [5.74, 6) is 0.838. The molecule has 0 saturated carbocycles. The summed E-state index contributed by atoms with van der Waals surface area (Å²) in [7, 11) is 0. The summed E-state index contributed by atoms with van der Waals surface area (Å²) in [4.78, 5) is 24.8. The van der Waals surface area contributed by atoms with Crippen molar-refractivity contribution < 1.29 is 13.9 Å². The van der Waals surface area contributed by atoms with Crippen molar-refractivity contribution in [3.8, 4) is 6.01 Å². The van der Waals surface area contributed by atoms with Gasteiger partial charge in [0.15, 0.2) is 0 Å². The van der Waals surface area contributed by atoms with Gasteiger partial charge in [-0.1, -0.05) is 13.5 Å². The lowest BCUT2D eigenvalue weighted by molar-refractivity contribution is -0.126. The SMILES string of the molecule is C=CC(=O)N1CCN(c2nc(OCCC[C@H](C)F)nc(C)c2CC)CC1. The molecule has 1 aromatic heterocycles. The van der Waals surface area contributed by atoms with Crippen molar-refractivity contribution in [3.63, 3.8) is 0 Å². The quantitative estimate of drug-likeness (QED) is 0.524. The molecular weight excluding hydrogens is 335 g/mol. The molecule has 1 amide bonds. The number of piperazine rings is 1. The molecule has 1 atom stereocenters. The Morgan fingerprint density at radius 1 is 1.35 bits per heavy atom. The average molecular weight is 364 g/mol. The van der Waals surface area contributed by atoms with Gasteiger partial charge in [0.1, 0.15) is 5.82 Å². The van der Waals surface area contributed by atoms with Crippen LogP contribution in [0, 0.1) is 6.92 Å². The van der Waals surface area contributed by atoms with Crippen LogP contribution >= 0.6 is 0 Å². The molecule has 0 aromatic carbocycles. The number of alkyl halides is 1. The van der Waals surface area contributed by atoms with E-state index in [4.69, 9.17) is 4.74 Å². The molecule has 2 heterocycles. The topological polar surface area (TPSA) is 58.6 Å². The minimum atomic E-state index is -0.825. The zero-order valence-corrected chi connectivity index (χ0v) is 16.0. The van der Waals surface area contributed by atoms with Crippen molar-refractivity contribution in [2.75, 3.05) is 37.7 Å². The monoisotopic (exact) mass is 364 g/mol. The Morgan fingerprint density at radius 2 is 2.04 bits per heavy atom. The maximum atomic E-state index is 12.9. The van der Waals surface area contributed by atoms with Gasteiger partial charge in [-0.3, -0.25) is 4.79 Å². The Bertz CT molecular complexity index is 628. The molecule has 0 spiro atoms. The molecule has 26 heavy (non-hydrogen) atoms. The summed E-state index contributed by atoms with van der Waals surface area (Å²) in [6.07, 6.45) is 2.46. The summed E-state index contributed by atoms with van der Waals surface area (Å²) >= 11 is 0. The first-order valence-corrected chi connectivity index (χ1v) is 9.26. The number of amides is 1. The third-order valence-corrected chi connectivity index (χ3v) is 4.57. The normalized spacial score (nSPS) is 15.7.